The Kier molecular flexibility index (Phi) is 5.61. The van der Waals surface area contributed by atoms with Crippen molar-refractivity contribution >= 4 is 27.6 Å². The molecule has 0 bridgehead atoms. The van der Waals surface area contributed by atoms with Crippen molar-refractivity contribution in [2.24, 2.45) is 17.0 Å². The van der Waals surface area contributed by atoms with Crippen LogP contribution in [0.1, 0.15) is 38.2 Å². The zero-order chi connectivity index (χ0) is 17.9. The number of nitrogens with two attached hydrogens (primary N) is 1. The van der Waals surface area contributed by atoms with Crippen LogP contribution in [0.5, 0.6) is 0 Å². The Morgan fingerprint density at radius 2 is 1.96 bits per heavy atom. The predicted molar refractivity (Wildman–Crippen MR) is 88.9 cm³/mol. The Morgan fingerprint density at radius 3 is 2.54 bits per heavy atom. The average Bonchev–Trinajstić information content (AvgIpc) is 2.54. The molecule has 0 aromatic heterocycles. The summed E-state index contributed by atoms with van der Waals surface area (Å²) in [5, 5.41) is 17.0. The molecule has 1 aliphatic rings. The molecule has 2 atom stereocenters. The van der Waals surface area contributed by atoms with Crippen LogP contribution in [0.2, 0.25) is 0 Å². The maximum absolute atomic E-state index is 12.4. The zero-order valence-corrected chi connectivity index (χ0v) is 14.3. The number of carbonyl (C=O) groups excluding carboxylic acids is 1. The van der Waals surface area contributed by atoms with Crippen LogP contribution in [0.4, 0.5) is 5.69 Å². The highest BCUT2D eigenvalue weighted by Crippen LogP contribution is 2.30. The molecular formula is C16H22N2O5S. The van der Waals surface area contributed by atoms with Crippen molar-refractivity contribution in [1.82, 2.24) is 0 Å². The fraction of sp³-hybridized carbons (Fsp3) is 0.500. The number of carboxylic acids is 1. The van der Waals surface area contributed by atoms with Gasteiger partial charge >= 0.3 is 5.97 Å². The molecule has 4 N–H and O–H groups in total. The average molecular weight is 354 g/mol. The van der Waals surface area contributed by atoms with Crippen LogP contribution >= 0.6 is 0 Å². The first-order chi connectivity index (χ1) is 11.2. The standard InChI is InChI=1S/C16H22N2O5S/c1-2-10-6-7-13(9-14(10)24(17,22)23)18-15(19)11-4-3-5-12(8-11)16(20)21/h6-7,9,11-12H,2-5,8H2,1H3,(H,18,19)(H,20,21)(H2,17,22,23). The second-order valence-corrected chi connectivity index (χ2v) is 7.64. The number of anilines is 1. The highest BCUT2D eigenvalue weighted by atomic mass is 32.2. The minimum Gasteiger partial charge on any atom is -0.481 e. The summed E-state index contributed by atoms with van der Waals surface area (Å²) in [6, 6.07) is 4.60. The smallest absolute Gasteiger partial charge is 0.306 e. The number of hydrogen-bond donors (Lipinski definition) is 3. The SMILES string of the molecule is CCc1ccc(NC(=O)C2CCCC(C(=O)O)C2)cc1S(N)(=O)=O. The molecule has 8 heteroatoms. The van der Waals surface area contributed by atoms with Crippen LogP contribution < -0.4 is 10.5 Å². The van der Waals surface area contributed by atoms with E-state index in [2.05, 4.69) is 5.32 Å². The van der Waals surface area contributed by atoms with Crippen molar-refractivity contribution in [3.8, 4) is 0 Å². The largest absolute Gasteiger partial charge is 0.481 e. The van der Waals surface area contributed by atoms with Gasteiger partial charge in [-0.3, -0.25) is 9.59 Å². The second-order valence-electron chi connectivity index (χ2n) is 6.11. The Labute approximate surface area is 141 Å². The number of carboxylic acid groups (broad SMARTS) is 1. The molecule has 0 saturated heterocycles. The lowest BCUT2D eigenvalue weighted by molar-refractivity contribution is -0.143. The van der Waals surface area contributed by atoms with Gasteiger partial charge in [0.15, 0.2) is 0 Å². The minimum absolute atomic E-state index is 0.00476. The van der Waals surface area contributed by atoms with E-state index >= 15 is 0 Å². The Balaban J connectivity index is 2.16. The van der Waals surface area contributed by atoms with E-state index in [9.17, 15) is 18.0 Å². The maximum atomic E-state index is 12.4. The molecule has 1 aromatic rings. The van der Waals surface area contributed by atoms with Crippen molar-refractivity contribution in [2.75, 3.05) is 5.32 Å². The van der Waals surface area contributed by atoms with E-state index in [1.165, 1.54) is 6.07 Å². The molecule has 2 unspecified atom stereocenters. The molecule has 0 radical (unpaired) electrons. The van der Waals surface area contributed by atoms with E-state index in [1.807, 2.05) is 6.92 Å². The second kappa shape index (κ2) is 7.31. The quantitative estimate of drug-likeness (QED) is 0.742. The highest BCUT2D eigenvalue weighted by molar-refractivity contribution is 7.89. The molecule has 1 aromatic carbocycles. The van der Waals surface area contributed by atoms with Gasteiger partial charge in [-0.2, -0.15) is 0 Å². The van der Waals surface area contributed by atoms with Gasteiger partial charge in [0.25, 0.3) is 0 Å². The molecule has 0 aliphatic heterocycles. The predicted octanol–water partition coefficient (Wildman–Crippen LogP) is 1.73. The first-order valence-corrected chi connectivity index (χ1v) is 9.46. The third-order valence-electron chi connectivity index (χ3n) is 4.42. The Bertz CT molecular complexity index is 745. The summed E-state index contributed by atoms with van der Waals surface area (Å²) in [6.45, 7) is 1.82. The van der Waals surface area contributed by atoms with Gasteiger partial charge in [0, 0.05) is 11.6 Å². The summed E-state index contributed by atoms with van der Waals surface area (Å²) >= 11 is 0. The monoisotopic (exact) mass is 354 g/mol. The summed E-state index contributed by atoms with van der Waals surface area (Å²) in [7, 11) is -3.88. The lowest BCUT2D eigenvalue weighted by atomic mass is 9.81. The van der Waals surface area contributed by atoms with Crippen molar-refractivity contribution in [3.63, 3.8) is 0 Å². The topological polar surface area (TPSA) is 127 Å². The molecule has 1 fully saturated rings. The molecule has 1 amide bonds. The van der Waals surface area contributed by atoms with Gasteiger partial charge in [-0.15, -0.1) is 0 Å². The summed E-state index contributed by atoms with van der Waals surface area (Å²) in [5.74, 6) is -2.05. The fourth-order valence-corrected chi connectivity index (χ4v) is 3.95. The number of benzene rings is 1. The molecule has 1 aliphatic carbocycles. The number of nitrogens with one attached hydrogen (secondary N) is 1. The maximum Gasteiger partial charge on any atom is 0.306 e. The third-order valence-corrected chi connectivity index (χ3v) is 5.41. The number of amides is 1. The normalized spacial score (nSPS) is 21.2. The van der Waals surface area contributed by atoms with Gasteiger partial charge in [-0.05, 0) is 43.4 Å². The van der Waals surface area contributed by atoms with Crippen LogP contribution in [0, 0.1) is 11.8 Å². The fourth-order valence-electron chi connectivity index (χ4n) is 3.09. The van der Waals surface area contributed by atoms with E-state index in [0.29, 0.717) is 43.4 Å². The number of carbonyl (C=O) groups is 2. The zero-order valence-electron chi connectivity index (χ0n) is 13.5. The van der Waals surface area contributed by atoms with Crippen LogP contribution in [-0.2, 0) is 26.0 Å². The molecule has 7 nitrogen and oxygen atoms in total. The van der Waals surface area contributed by atoms with Crippen LogP contribution in [0.3, 0.4) is 0 Å². The van der Waals surface area contributed by atoms with E-state index in [4.69, 9.17) is 10.2 Å². The molecule has 0 spiro atoms. The first-order valence-electron chi connectivity index (χ1n) is 7.91. The van der Waals surface area contributed by atoms with E-state index in [1.54, 1.807) is 12.1 Å². The highest BCUT2D eigenvalue weighted by Gasteiger charge is 2.31. The first kappa shape index (κ1) is 18.4. The van der Waals surface area contributed by atoms with E-state index in [-0.39, 0.29) is 16.7 Å². The van der Waals surface area contributed by atoms with Gasteiger partial charge in [0.05, 0.1) is 10.8 Å². The molecular weight excluding hydrogens is 332 g/mol. The molecule has 1 saturated carbocycles. The lowest BCUT2D eigenvalue weighted by Crippen LogP contribution is -2.31. The third kappa shape index (κ3) is 4.33. The van der Waals surface area contributed by atoms with E-state index in [0.717, 1.165) is 0 Å². The molecule has 132 valence electrons. The van der Waals surface area contributed by atoms with Crippen LogP contribution in [0.25, 0.3) is 0 Å². The number of aliphatic carboxylic acids is 1. The molecule has 0 heterocycles. The summed E-state index contributed by atoms with van der Waals surface area (Å²) in [6.07, 6.45) is 2.70. The minimum atomic E-state index is -3.88. The number of sulfonamides is 1. The van der Waals surface area contributed by atoms with Gasteiger partial charge in [-0.25, -0.2) is 13.6 Å². The number of rotatable bonds is 5. The van der Waals surface area contributed by atoms with Gasteiger partial charge in [0.2, 0.25) is 15.9 Å². The molecule has 2 rings (SSSR count). The Hall–Kier alpha value is -1.93. The van der Waals surface area contributed by atoms with Crippen molar-refractivity contribution in [1.29, 1.82) is 0 Å². The van der Waals surface area contributed by atoms with Gasteiger partial charge in [0.1, 0.15) is 0 Å². The van der Waals surface area contributed by atoms with Crippen molar-refractivity contribution < 1.29 is 23.1 Å². The summed E-state index contributed by atoms with van der Waals surface area (Å²) in [5.41, 5.74) is 0.929. The Morgan fingerprint density at radius 1 is 1.29 bits per heavy atom. The number of aryl methyl sites for hydroxylation is 1. The number of primary sulfonamides is 1. The van der Waals surface area contributed by atoms with Gasteiger partial charge in [-0.1, -0.05) is 19.4 Å². The van der Waals surface area contributed by atoms with Crippen molar-refractivity contribution in [3.05, 3.63) is 23.8 Å². The molecule has 24 heavy (non-hydrogen) atoms. The van der Waals surface area contributed by atoms with E-state index < -0.39 is 21.9 Å². The van der Waals surface area contributed by atoms with Crippen LogP contribution in [-0.4, -0.2) is 25.4 Å². The van der Waals surface area contributed by atoms with Crippen molar-refractivity contribution in [2.45, 2.75) is 43.9 Å². The number of hydrogen-bond acceptors (Lipinski definition) is 4. The summed E-state index contributed by atoms with van der Waals surface area (Å²) in [4.78, 5) is 23.5. The van der Waals surface area contributed by atoms with Gasteiger partial charge < -0.3 is 10.4 Å². The lowest BCUT2D eigenvalue weighted by Gasteiger charge is -2.25. The van der Waals surface area contributed by atoms with Crippen LogP contribution in [0.15, 0.2) is 23.1 Å². The summed E-state index contributed by atoms with van der Waals surface area (Å²) < 4.78 is 23.3.